The smallest absolute Gasteiger partial charge is 0.226 e. The Morgan fingerprint density at radius 2 is 2.00 bits per heavy atom. The zero-order valence-corrected chi connectivity index (χ0v) is 15.3. The molecule has 1 unspecified atom stereocenters. The monoisotopic (exact) mass is 342 g/mol. The molecule has 0 radical (unpaired) electrons. The number of hydrogen-bond donors (Lipinski definition) is 3. The largest absolute Gasteiger partial charge is 0.340 e. The van der Waals surface area contributed by atoms with Crippen molar-refractivity contribution in [2.45, 2.75) is 39.7 Å². The SMILES string of the molecule is C=C(CNCCN)SC(=C)NC(=O)CCN(C(C)=O)C(C)CC. The topological polar surface area (TPSA) is 87.5 Å². The van der Waals surface area contributed by atoms with E-state index in [1.165, 1.54) is 18.7 Å². The lowest BCUT2D eigenvalue weighted by Crippen LogP contribution is -2.39. The summed E-state index contributed by atoms with van der Waals surface area (Å²) in [6.07, 6.45) is 1.11. The summed E-state index contributed by atoms with van der Waals surface area (Å²) in [5.41, 5.74) is 5.39. The number of nitrogens with one attached hydrogen (secondary N) is 2. The molecule has 0 heterocycles. The van der Waals surface area contributed by atoms with E-state index in [1.807, 2.05) is 13.8 Å². The van der Waals surface area contributed by atoms with Gasteiger partial charge in [0.25, 0.3) is 0 Å². The fraction of sp³-hybridized carbons (Fsp3) is 0.625. The fourth-order valence-electron chi connectivity index (χ4n) is 1.91. The molecule has 1 atom stereocenters. The van der Waals surface area contributed by atoms with Crippen LogP contribution in [0.1, 0.15) is 33.6 Å². The summed E-state index contributed by atoms with van der Waals surface area (Å²) >= 11 is 1.32. The molecule has 0 bridgehead atoms. The van der Waals surface area contributed by atoms with E-state index < -0.39 is 0 Å². The molecule has 0 fully saturated rings. The van der Waals surface area contributed by atoms with Crippen molar-refractivity contribution in [1.82, 2.24) is 15.5 Å². The molecule has 0 aliphatic carbocycles. The minimum Gasteiger partial charge on any atom is -0.340 e. The van der Waals surface area contributed by atoms with Gasteiger partial charge in [0.05, 0.1) is 5.03 Å². The lowest BCUT2D eigenvalue weighted by Gasteiger charge is -2.27. The Bertz CT molecular complexity index is 426. The third kappa shape index (κ3) is 10.1. The Morgan fingerprint density at radius 1 is 1.35 bits per heavy atom. The Hall–Kier alpha value is -1.31. The average molecular weight is 343 g/mol. The molecule has 0 aliphatic rings. The van der Waals surface area contributed by atoms with Gasteiger partial charge in [0, 0.05) is 45.6 Å². The first-order valence-corrected chi connectivity index (χ1v) is 8.65. The molecule has 6 nitrogen and oxygen atoms in total. The van der Waals surface area contributed by atoms with Gasteiger partial charge in [-0.1, -0.05) is 31.8 Å². The van der Waals surface area contributed by atoms with E-state index in [1.54, 1.807) is 4.90 Å². The van der Waals surface area contributed by atoms with Gasteiger partial charge in [-0.05, 0) is 18.2 Å². The first-order chi connectivity index (χ1) is 10.8. The zero-order valence-electron chi connectivity index (χ0n) is 14.5. The molecule has 0 aliphatic heterocycles. The van der Waals surface area contributed by atoms with E-state index in [2.05, 4.69) is 23.8 Å². The summed E-state index contributed by atoms with van der Waals surface area (Å²) in [5.74, 6) is -0.167. The van der Waals surface area contributed by atoms with E-state index in [0.29, 0.717) is 24.7 Å². The molecule has 0 aromatic carbocycles. The van der Waals surface area contributed by atoms with Crippen LogP contribution in [0.4, 0.5) is 0 Å². The lowest BCUT2D eigenvalue weighted by molar-refractivity contribution is -0.131. The van der Waals surface area contributed by atoms with Crippen molar-refractivity contribution in [1.29, 1.82) is 0 Å². The van der Waals surface area contributed by atoms with Crippen LogP contribution in [0.2, 0.25) is 0 Å². The Morgan fingerprint density at radius 3 is 2.52 bits per heavy atom. The van der Waals surface area contributed by atoms with Crippen LogP contribution in [-0.4, -0.2) is 48.9 Å². The van der Waals surface area contributed by atoms with E-state index >= 15 is 0 Å². The van der Waals surface area contributed by atoms with Crippen LogP contribution >= 0.6 is 11.8 Å². The summed E-state index contributed by atoms with van der Waals surface area (Å²) in [6, 6.07) is 0.131. The molecular formula is C16H30N4O2S. The third-order valence-electron chi connectivity index (χ3n) is 3.30. The minimum absolute atomic E-state index is 0.0142. The van der Waals surface area contributed by atoms with Crippen molar-refractivity contribution in [2.75, 3.05) is 26.2 Å². The maximum Gasteiger partial charge on any atom is 0.226 e. The normalized spacial score (nSPS) is 11.7. The number of carbonyl (C=O) groups is 2. The average Bonchev–Trinajstić information content (AvgIpc) is 2.46. The molecule has 132 valence electrons. The molecule has 0 aromatic heterocycles. The molecule has 2 amide bonds. The van der Waals surface area contributed by atoms with Crippen molar-refractivity contribution in [3.05, 3.63) is 23.1 Å². The molecule has 0 spiro atoms. The van der Waals surface area contributed by atoms with E-state index in [4.69, 9.17) is 5.73 Å². The Balaban J connectivity index is 4.15. The molecule has 4 N–H and O–H groups in total. The van der Waals surface area contributed by atoms with Crippen molar-refractivity contribution in [3.8, 4) is 0 Å². The van der Waals surface area contributed by atoms with Crippen LogP contribution in [-0.2, 0) is 9.59 Å². The highest BCUT2D eigenvalue weighted by atomic mass is 32.2. The highest BCUT2D eigenvalue weighted by molar-refractivity contribution is 8.06. The van der Waals surface area contributed by atoms with Crippen molar-refractivity contribution in [3.63, 3.8) is 0 Å². The number of nitrogens with zero attached hydrogens (tertiary/aromatic N) is 1. The predicted molar refractivity (Wildman–Crippen MR) is 97.7 cm³/mol. The van der Waals surface area contributed by atoms with E-state index in [0.717, 1.165) is 17.9 Å². The van der Waals surface area contributed by atoms with Crippen LogP contribution < -0.4 is 16.4 Å². The maximum absolute atomic E-state index is 11.9. The van der Waals surface area contributed by atoms with Crippen LogP contribution in [0.5, 0.6) is 0 Å². The second-order valence-electron chi connectivity index (χ2n) is 5.30. The third-order valence-corrected chi connectivity index (χ3v) is 4.08. The predicted octanol–water partition coefficient (Wildman–Crippen LogP) is 1.41. The lowest BCUT2D eigenvalue weighted by atomic mass is 10.2. The molecule has 0 saturated heterocycles. The Kier molecular flexibility index (Phi) is 11.5. The fourth-order valence-corrected chi connectivity index (χ4v) is 2.60. The van der Waals surface area contributed by atoms with Gasteiger partial charge in [0.15, 0.2) is 0 Å². The van der Waals surface area contributed by atoms with Crippen LogP contribution in [0.15, 0.2) is 23.1 Å². The number of amides is 2. The number of nitrogens with two attached hydrogens (primary N) is 1. The van der Waals surface area contributed by atoms with Gasteiger partial charge in [-0.15, -0.1) is 0 Å². The van der Waals surface area contributed by atoms with Gasteiger partial charge >= 0.3 is 0 Å². The van der Waals surface area contributed by atoms with Crippen LogP contribution in [0.25, 0.3) is 0 Å². The van der Waals surface area contributed by atoms with E-state index in [9.17, 15) is 9.59 Å². The molecule has 0 aromatic rings. The second-order valence-corrected chi connectivity index (χ2v) is 6.57. The van der Waals surface area contributed by atoms with Gasteiger partial charge in [-0.3, -0.25) is 9.59 Å². The number of rotatable bonds is 12. The summed E-state index contributed by atoms with van der Waals surface area (Å²) in [5, 5.41) is 6.39. The second kappa shape index (κ2) is 12.2. The van der Waals surface area contributed by atoms with Crippen LogP contribution in [0, 0.1) is 0 Å². The first-order valence-electron chi connectivity index (χ1n) is 7.84. The minimum atomic E-state index is -0.153. The summed E-state index contributed by atoms with van der Waals surface area (Å²) in [6.45, 7) is 15.5. The standard InChI is InChI=1S/C16H30N4O2S/c1-6-12(2)20(15(5)21)10-7-16(22)19-14(4)23-13(3)11-18-9-8-17/h12,18H,3-4,6-11,17H2,1-2,5H3,(H,19,22). The van der Waals surface area contributed by atoms with Gasteiger partial charge in [-0.25, -0.2) is 0 Å². The van der Waals surface area contributed by atoms with Gasteiger partial charge in [0.2, 0.25) is 11.8 Å². The number of thioether (sulfide) groups is 1. The van der Waals surface area contributed by atoms with Gasteiger partial charge < -0.3 is 21.3 Å². The van der Waals surface area contributed by atoms with Crippen molar-refractivity contribution >= 4 is 23.6 Å². The maximum atomic E-state index is 11.9. The number of hydrogen-bond acceptors (Lipinski definition) is 5. The zero-order chi connectivity index (χ0) is 17.8. The highest BCUT2D eigenvalue weighted by Crippen LogP contribution is 2.19. The molecule has 0 saturated carbocycles. The van der Waals surface area contributed by atoms with Gasteiger partial charge in [0.1, 0.15) is 0 Å². The van der Waals surface area contributed by atoms with Crippen molar-refractivity contribution in [2.24, 2.45) is 5.73 Å². The first kappa shape index (κ1) is 21.7. The van der Waals surface area contributed by atoms with Crippen LogP contribution in [0.3, 0.4) is 0 Å². The molecule has 23 heavy (non-hydrogen) atoms. The highest BCUT2D eigenvalue weighted by Gasteiger charge is 2.16. The molecule has 7 heteroatoms. The Labute approximate surface area is 143 Å². The molecule has 0 rings (SSSR count). The summed E-state index contributed by atoms with van der Waals surface area (Å²) in [4.78, 5) is 26.1. The summed E-state index contributed by atoms with van der Waals surface area (Å²) in [7, 11) is 0. The molecular weight excluding hydrogens is 312 g/mol. The van der Waals surface area contributed by atoms with E-state index in [-0.39, 0.29) is 24.3 Å². The quantitative estimate of drug-likeness (QED) is 0.467. The van der Waals surface area contributed by atoms with Gasteiger partial charge in [-0.2, -0.15) is 0 Å². The van der Waals surface area contributed by atoms with Crippen molar-refractivity contribution < 1.29 is 9.59 Å². The summed E-state index contributed by atoms with van der Waals surface area (Å²) < 4.78 is 0. The number of carbonyl (C=O) groups excluding carboxylic acids is 2.